The van der Waals surface area contributed by atoms with Crippen molar-refractivity contribution in [1.29, 1.82) is 0 Å². The summed E-state index contributed by atoms with van der Waals surface area (Å²) < 4.78 is 7.33. The minimum Gasteiger partial charge on any atom is -0.494 e. The van der Waals surface area contributed by atoms with Crippen LogP contribution in [-0.2, 0) is 17.8 Å². The third kappa shape index (κ3) is 4.37. The van der Waals surface area contributed by atoms with Gasteiger partial charge in [-0.05, 0) is 43.7 Å². The molecule has 1 heterocycles. The Morgan fingerprint density at radius 1 is 1.15 bits per heavy atom. The van der Waals surface area contributed by atoms with Gasteiger partial charge in [0.2, 0.25) is 0 Å². The van der Waals surface area contributed by atoms with E-state index in [-0.39, 0.29) is 11.8 Å². The van der Waals surface area contributed by atoms with Crippen molar-refractivity contribution in [2.75, 3.05) is 6.61 Å². The van der Waals surface area contributed by atoms with Crippen LogP contribution < -0.4 is 10.2 Å². The molecule has 1 N–H and O–H groups in total. The van der Waals surface area contributed by atoms with E-state index in [9.17, 15) is 9.59 Å². The lowest BCUT2D eigenvalue weighted by atomic mass is 10.0. The first kappa shape index (κ1) is 18.7. The fourth-order valence-electron chi connectivity index (χ4n) is 3.19. The van der Waals surface area contributed by atoms with Gasteiger partial charge in [0.15, 0.2) is 5.43 Å². The Balaban J connectivity index is 2.02. The Labute approximate surface area is 157 Å². The van der Waals surface area contributed by atoms with Crippen molar-refractivity contribution in [3.8, 4) is 5.75 Å². The Kier molecular flexibility index (Phi) is 5.60. The van der Waals surface area contributed by atoms with Crippen molar-refractivity contribution in [3.63, 3.8) is 0 Å². The predicted octanol–water partition coefficient (Wildman–Crippen LogP) is 3.77. The van der Waals surface area contributed by atoms with Crippen LogP contribution in [0, 0.1) is 6.92 Å². The average molecular weight is 365 g/mol. The lowest BCUT2D eigenvalue weighted by molar-refractivity contribution is -0.137. The summed E-state index contributed by atoms with van der Waals surface area (Å²) in [7, 11) is 0. The second-order valence-corrected chi connectivity index (χ2v) is 6.59. The van der Waals surface area contributed by atoms with Gasteiger partial charge in [0.05, 0.1) is 18.5 Å². The van der Waals surface area contributed by atoms with Gasteiger partial charge in [0.1, 0.15) is 5.75 Å². The van der Waals surface area contributed by atoms with Gasteiger partial charge in [-0.25, -0.2) is 0 Å². The number of hydrogen-bond donors (Lipinski definition) is 1. The van der Waals surface area contributed by atoms with Crippen molar-refractivity contribution < 1.29 is 14.6 Å². The molecule has 0 aliphatic heterocycles. The second-order valence-electron chi connectivity index (χ2n) is 6.59. The van der Waals surface area contributed by atoms with Gasteiger partial charge in [0.25, 0.3) is 0 Å². The molecule has 0 saturated heterocycles. The number of carbonyl (C=O) groups is 1. The van der Waals surface area contributed by atoms with E-state index in [1.165, 1.54) is 0 Å². The van der Waals surface area contributed by atoms with E-state index in [0.29, 0.717) is 30.5 Å². The predicted molar refractivity (Wildman–Crippen MR) is 106 cm³/mol. The summed E-state index contributed by atoms with van der Waals surface area (Å²) in [6.07, 6.45) is 2.29. The summed E-state index contributed by atoms with van der Waals surface area (Å²) in [5.41, 5.74) is 3.43. The van der Waals surface area contributed by atoms with Crippen LogP contribution in [0.4, 0.5) is 0 Å². The average Bonchev–Trinajstić information content (AvgIpc) is 2.64. The molecule has 0 radical (unpaired) electrons. The molecule has 2 aromatic carbocycles. The van der Waals surface area contributed by atoms with Crippen LogP contribution in [0.2, 0.25) is 0 Å². The maximum absolute atomic E-state index is 13.0. The number of nitrogens with zero attached hydrogens (tertiary/aromatic N) is 1. The molecule has 3 aromatic rings. The first-order chi connectivity index (χ1) is 13.0. The zero-order chi connectivity index (χ0) is 19.4. The molecule has 0 amide bonds. The number of aliphatic carboxylic acids is 1. The molecule has 0 aliphatic rings. The van der Waals surface area contributed by atoms with Crippen LogP contribution in [-0.4, -0.2) is 22.2 Å². The third-order valence-electron chi connectivity index (χ3n) is 4.50. The van der Waals surface area contributed by atoms with E-state index in [0.717, 1.165) is 22.4 Å². The molecule has 0 aliphatic carbocycles. The van der Waals surface area contributed by atoms with Gasteiger partial charge >= 0.3 is 5.97 Å². The number of pyridine rings is 1. The molecule has 0 spiro atoms. The fraction of sp³-hybridized carbons (Fsp3) is 0.273. The van der Waals surface area contributed by atoms with Crippen LogP contribution in [0.3, 0.4) is 0 Å². The Hall–Kier alpha value is -3.08. The van der Waals surface area contributed by atoms with Crippen molar-refractivity contribution >= 4 is 16.9 Å². The molecular weight excluding hydrogens is 342 g/mol. The monoisotopic (exact) mass is 365 g/mol. The standard InChI is InChI=1S/C22H23NO4/c1-3-27-18-7-5-16(6-8-18)13-17-14-23(11-10-21(24)25)20-9-4-15(2)12-19(20)22(17)26/h4-9,12,14H,3,10-11,13H2,1-2H3,(H,24,25). The van der Waals surface area contributed by atoms with E-state index >= 15 is 0 Å². The first-order valence-corrected chi connectivity index (χ1v) is 9.04. The number of aromatic nitrogens is 1. The molecule has 1 aromatic heterocycles. The van der Waals surface area contributed by atoms with E-state index in [2.05, 4.69) is 0 Å². The highest BCUT2D eigenvalue weighted by molar-refractivity contribution is 5.80. The van der Waals surface area contributed by atoms with Crippen LogP contribution in [0.25, 0.3) is 10.9 Å². The lowest BCUT2D eigenvalue weighted by Crippen LogP contribution is -2.16. The van der Waals surface area contributed by atoms with Gasteiger partial charge in [-0.2, -0.15) is 0 Å². The van der Waals surface area contributed by atoms with Crippen molar-refractivity contribution in [2.24, 2.45) is 0 Å². The van der Waals surface area contributed by atoms with E-state index < -0.39 is 5.97 Å². The molecule has 27 heavy (non-hydrogen) atoms. The molecule has 0 bridgehead atoms. The quantitative estimate of drug-likeness (QED) is 0.692. The smallest absolute Gasteiger partial charge is 0.305 e. The molecule has 0 saturated carbocycles. The van der Waals surface area contributed by atoms with Crippen LogP contribution in [0.1, 0.15) is 30.0 Å². The SMILES string of the molecule is CCOc1ccc(Cc2cn(CCC(=O)O)c3ccc(C)cc3c2=O)cc1. The van der Waals surface area contributed by atoms with Gasteiger partial charge < -0.3 is 14.4 Å². The number of hydrogen-bond acceptors (Lipinski definition) is 3. The maximum Gasteiger partial charge on any atom is 0.305 e. The van der Waals surface area contributed by atoms with Crippen molar-refractivity contribution in [3.05, 3.63) is 75.6 Å². The summed E-state index contributed by atoms with van der Waals surface area (Å²) >= 11 is 0. The molecule has 140 valence electrons. The van der Waals surface area contributed by atoms with E-state index in [1.54, 1.807) is 6.20 Å². The van der Waals surface area contributed by atoms with E-state index in [4.69, 9.17) is 9.84 Å². The minimum absolute atomic E-state index is 0.00541. The first-order valence-electron chi connectivity index (χ1n) is 9.04. The second kappa shape index (κ2) is 8.08. The number of ether oxygens (including phenoxy) is 1. The number of carboxylic acid groups (broad SMARTS) is 1. The van der Waals surface area contributed by atoms with Gasteiger partial charge in [0, 0.05) is 30.1 Å². The number of fused-ring (bicyclic) bond motifs is 1. The maximum atomic E-state index is 13.0. The number of carboxylic acids is 1. The normalized spacial score (nSPS) is 10.9. The fourth-order valence-corrected chi connectivity index (χ4v) is 3.19. The van der Waals surface area contributed by atoms with Crippen molar-refractivity contribution in [1.82, 2.24) is 4.57 Å². The Morgan fingerprint density at radius 2 is 1.89 bits per heavy atom. The number of aryl methyl sites for hydroxylation is 2. The van der Waals surface area contributed by atoms with Crippen LogP contribution in [0.5, 0.6) is 5.75 Å². The third-order valence-corrected chi connectivity index (χ3v) is 4.50. The lowest BCUT2D eigenvalue weighted by Gasteiger charge is -2.13. The highest BCUT2D eigenvalue weighted by Crippen LogP contribution is 2.18. The Bertz CT molecular complexity index is 1020. The zero-order valence-electron chi connectivity index (χ0n) is 15.6. The number of benzene rings is 2. The summed E-state index contributed by atoms with van der Waals surface area (Å²) in [6.45, 7) is 4.81. The highest BCUT2D eigenvalue weighted by atomic mass is 16.5. The summed E-state index contributed by atoms with van der Waals surface area (Å²) in [4.78, 5) is 24.0. The van der Waals surface area contributed by atoms with Gasteiger partial charge in [-0.15, -0.1) is 0 Å². The molecule has 0 atom stereocenters. The Morgan fingerprint density at radius 3 is 2.56 bits per heavy atom. The summed E-state index contributed by atoms with van der Waals surface area (Å²) in [6, 6.07) is 13.4. The molecule has 0 unspecified atom stereocenters. The largest absolute Gasteiger partial charge is 0.494 e. The topological polar surface area (TPSA) is 68.5 Å². The molecule has 0 fully saturated rings. The van der Waals surface area contributed by atoms with Crippen LogP contribution >= 0.6 is 0 Å². The highest BCUT2D eigenvalue weighted by Gasteiger charge is 2.11. The molecule has 5 nitrogen and oxygen atoms in total. The van der Waals surface area contributed by atoms with Crippen molar-refractivity contribution in [2.45, 2.75) is 33.2 Å². The summed E-state index contributed by atoms with van der Waals surface area (Å²) in [5.74, 6) is -0.0590. The minimum atomic E-state index is -0.859. The molecule has 5 heteroatoms. The molecule has 3 rings (SSSR count). The van der Waals surface area contributed by atoms with E-state index in [1.807, 2.05) is 60.9 Å². The van der Waals surface area contributed by atoms with Crippen LogP contribution in [0.15, 0.2) is 53.5 Å². The van der Waals surface area contributed by atoms with Gasteiger partial charge in [-0.3, -0.25) is 9.59 Å². The zero-order valence-corrected chi connectivity index (χ0v) is 15.6. The molecular formula is C22H23NO4. The van der Waals surface area contributed by atoms with Gasteiger partial charge in [-0.1, -0.05) is 23.8 Å². The number of rotatable bonds is 7. The summed E-state index contributed by atoms with van der Waals surface area (Å²) in [5, 5.41) is 9.66.